The Morgan fingerprint density at radius 1 is 1.50 bits per heavy atom. The van der Waals surface area contributed by atoms with Crippen molar-refractivity contribution in [3.8, 4) is 0 Å². The van der Waals surface area contributed by atoms with E-state index in [9.17, 15) is 9.18 Å². The van der Waals surface area contributed by atoms with Crippen LogP contribution < -0.4 is 0 Å². The van der Waals surface area contributed by atoms with E-state index >= 15 is 0 Å². The predicted octanol–water partition coefficient (Wildman–Crippen LogP) is 3.49. The monoisotopic (exact) mass is 288 g/mol. The van der Waals surface area contributed by atoms with E-state index in [2.05, 4.69) is 15.9 Å². The Morgan fingerprint density at radius 2 is 2.12 bits per heavy atom. The molecule has 0 aliphatic heterocycles. The van der Waals surface area contributed by atoms with E-state index < -0.39 is 11.9 Å². The van der Waals surface area contributed by atoms with Crippen LogP contribution in [0.3, 0.4) is 0 Å². The lowest BCUT2D eigenvalue weighted by atomic mass is 9.89. The Morgan fingerprint density at radius 3 is 2.62 bits per heavy atom. The van der Waals surface area contributed by atoms with Crippen molar-refractivity contribution in [2.45, 2.75) is 20.3 Å². The maximum atomic E-state index is 13.2. The Kier molecular flexibility index (Phi) is 4.47. The van der Waals surface area contributed by atoms with Gasteiger partial charge < -0.3 is 5.11 Å². The van der Waals surface area contributed by atoms with Crippen molar-refractivity contribution in [1.82, 2.24) is 0 Å². The number of aliphatic carboxylic acids is 1. The van der Waals surface area contributed by atoms with Gasteiger partial charge in [0.1, 0.15) is 5.82 Å². The third-order valence-electron chi connectivity index (χ3n) is 2.59. The first-order chi connectivity index (χ1) is 7.43. The van der Waals surface area contributed by atoms with Crippen LogP contribution in [-0.2, 0) is 11.2 Å². The molecule has 16 heavy (non-hydrogen) atoms. The van der Waals surface area contributed by atoms with Gasteiger partial charge in [-0.2, -0.15) is 0 Å². The van der Waals surface area contributed by atoms with Gasteiger partial charge in [-0.15, -0.1) is 0 Å². The number of carbonyl (C=O) groups is 1. The predicted molar refractivity (Wildman–Crippen MR) is 63.8 cm³/mol. The molecule has 0 aliphatic rings. The van der Waals surface area contributed by atoms with E-state index in [4.69, 9.17) is 5.11 Å². The molecule has 0 radical (unpaired) electrons. The number of hydrogen-bond donors (Lipinski definition) is 1. The number of carboxylic acids is 1. The van der Waals surface area contributed by atoms with Gasteiger partial charge in [0.05, 0.1) is 10.4 Å². The first kappa shape index (κ1) is 13.2. The number of benzene rings is 1. The zero-order chi connectivity index (χ0) is 12.3. The molecule has 88 valence electrons. The van der Waals surface area contributed by atoms with Gasteiger partial charge in [0, 0.05) is 0 Å². The average Bonchev–Trinajstić information content (AvgIpc) is 2.19. The second-order valence-electron chi connectivity index (χ2n) is 4.11. The Bertz CT molecular complexity index is 391. The minimum atomic E-state index is -0.842. The Balaban J connectivity index is 2.94. The average molecular weight is 289 g/mol. The molecule has 1 atom stereocenters. The van der Waals surface area contributed by atoms with Crippen LogP contribution in [0.15, 0.2) is 22.7 Å². The van der Waals surface area contributed by atoms with Gasteiger partial charge in [-0.05, 0) is 39.9 Å². The summed E-state index contributed by atoms with van der Waals surface area (Å²) in [5, 5.41) is 9.06. The summed E-state index contributed by atoms with van der Waals surface area (Å²) in [7, 11) is 0. The molecular formula is C12H14BrFO2. The van der Waals surface area contributed by atoms with Crippen LogP contribution in [-0.4, -0.2) is 11.1 Å². The van der Waals surface area contributed by atoms with E-state index in [0.29, 0.717) is 16.5 Å². The highest BCUT2D eigenvalue weighted by Crippen LogP contribution is 2.25. The largest absolute Gasteiger partial charge is 0.481 e. The van der Waals surface area contributed by atoms with Crippen molar-refractivity contribution in [1.29, 1.82) is 0 Å². The smallest absolute Gasteiger partial charge is 0.307 e. The van der Waals surface area contributed by atoms with Crippen molar-refractivity contribution >= 4 is 21.9 Å². The number of rotatable bonds is 4. The molecule has 0 saturated carbocycles. The highest BCUT2D eigenvalue weighted by atomic mass is 79.9. The van der Waals surface area contributed by atoms with Gasteiger partial charge in [-0.1, -0.05) is 26.0 Å². The lowest BCUT2D eigenvalue weighted by Gasteiger charge is -2.17. The first-order valence-corrected chi connectivity index (χ1v) is 5.88. The summed E-state index contributed by atoms with van der Waals surface area (Å²) in [5.41, 5.74) is 0.695. The summed E-state index contributed by atoms with van der Waals surface area (Å²) in [5.74, 6) is -1.66. The van der Waals surface area contributed by atoms with Gasteiger partial charge in [0.2, 0.25) is 0 Å². The summed E-state index contributed by atoms with van der Waals surface area (Å²) in [4.78, 5) is 11.0. The molecule has 1 aromatic carbocycles. The topological polar surface area (TPSA) is 37.3 Å². The summed E-state index contributed by atoms with van der Waals surface area (Å²) in [6.45, 7) is 3.71. The number of halogens is 2. The van der Waals surface area contributed by atoms with E-state index in [1.165, 1.54) is 6.07 Å². The molecule has 4 heteroatoms. The van der Waals surface area contributed by atoms with Crippen molar-refractivity contribution in [3.05, 3.63) is 34.1 Å². The number of hydrogen-bond acceptors (Lipinski definition) is 1. The maximum absolute atomic E-state index is 13.2. The molecule has 1 unspecified atom stereocenters. The lowest BCUT2D eigenvalue weighted by Crippen LogP contribution is -2.22. The summed E-state index contributed by atoms with van der Waals surface area (Å²) >= 11 is 3.14. The fraction of sp³-hybridized carbons (Fsp3) is 0.417. The molecule has 1 rings (SSSR count). The standard InChI is InChI=1S/C12H14BrFO2/c1-7(2)9(12(15)16)6-8-4-3-5-10(14)11(8)13/h3-5,7,9H,6H2,1-2H3,(H,15,16). The van der Waals surface area contributed by atoms with E-state index in [0.717, 1.165) is 0 Å². The summed E-state index contributed by atoms with van der Waals surface area (Å²) < 4.78 is 13.6. The fourth-order valence-corrected chi connectivity index (χ4v) is 1.98. The molecule has 0 saturated heterocycles. The van der Waals surface area contributed by atoms with Crippen LogP contribution in [0.25, 0.3) is 0 Å². The molecule has 1 N–H and O–H groups in total. The van der Waals surface area contributed by atoms with E-state index in [-0.39, 0.29) is 11.7 Å². The minimum absolute atomic E-state index is 0.0210. The molecule has 2 nitrogen and oxygen atoms in total. The third-order valence-corrected chi connectivity index (χ3v) is 3.48. The maximum Gasteiger partial charge on any atom is 0.307 e. The second kappa shape index (κ2) is 5.43. The molecule has 0 heterocycles. The SMILES string of the molecule is CC(C)C(Cc1cccc(F)c1Br)C(=O)O. The molecule has 0 amide bonds. The molecule has 0 aliphatic carbocycles. The Labute approximate surface area is 103 Å². The van der Waals surface area contributed by atoms with Gasteiger partial charge >= 0.3 is 5.97 Å². The second-order valence-corrected chi connectivity index (χ2v) is 4.90. The zero-order valence-electron chi connectivity index (χ0n) is 9.21. The quantitative estimate of drug-likeness (QED) is 0.921. The van der Waals surface area contributed by atoms with Gasteiger partial charge in [-0.25, -0.2) is 4.39 Å². The van der Waals surface area contributed by atoms with Crippen molar-refractivity contribution in [3.63, 3.8) is 0 Å². The zero-order valence-corrected chi connectivity index (χ0v) is 10.8. The lowest BCUT2D eigenvalue weighted by molar-refractivity contribution is -0.143. The molecular weight excluding hydrogens is 275 g/mol. The molecule has 0 fully saturated rings. The highest BCUT2D eigenvalue weighted by Gasteiger charge is 2.23. The fourth-order valence-electron chi connectivity index (χ4n) is 1.55. The highest BCUT2D eigenvalue weighted by molar-refractivity contribution is 9.10. The van der Waals surface area contributed by atoms with Crippen LogP contribution in [0.1, 0.15) is 19.4 Å². The minimum Gasteiger partial charge on any atom is -0.481 e. The van der Waals surface area contributed by atoms with E-state index in [1.807, 2.05) is 13.8 Å². The van der Waals surface area contributed by atoms with Crippen LogP contribution in [0.5, 0.6) is 0 Å². The third kappa shape index (κ3) is 3.04. The van der Waals surface area contributed by atoms with Crippen molar-refractivity contribution < 1.29 is 14.3 Å². The number of carboxylic acid groups (broad SMARTS) is 1. The summed E-state index contributed by atoms with van der Waals surface area (Å²) in [6.07, 6.45) is 0.339. The van der Waals surface area contributed by atoms with Crippen LogP contribution >= 0.6 is 15.9 Å². The Hall–Kier alpha value is -0.900. The molecule has 1 aromatic rings. The van der Waals surface area contributed by atoms with Gasteiger partial charge in [0.25, 0.3) is 0 Å². The molecule has 0 bridgehead atoms. The van der Waals surface area contributed by atoms with E-state index in [1.54, 1.807) is 12.1 Å². The van der Waals surface area contributed by atoms with Gasteiger partial charge in [0.15, 0.2) is 0 Å². The van der Waals surface area contributed by atoms with Crippen LogP contribution in [0.4, 0.5) is 4.39 Å². The van der Waals surface area contributed by atoms with Crippen LogP contribution in [0.2, 0.25) is 0 Å². The van der Waals surface area contributed by atoms with Crippen molar-refractivity contribution in [2.75, 3.05) is 0 Å². The molecule has 0 aromatic heterocycles. The first-order valence-electron chi connectivity index (χ1n) is 5.09. The molecule has 0 spiro atoms. The van der Waals surface area contributed by atoms with Crippen molar-refractivity contribution in [2.24, 2.45) is 11.8 Å². The van der Waals surface area contributed by atoms with Crippen LogP contribution in [0, 0.1) is 17.7 Å². The summed E-state index contributed by atoms with van der Waals surface area (Å²) in [6, 6.07) is 4.68. The van der Waals surface area contributed by atoms with Gasteiger partial charge in [-0.3, -0.25) is 4.79 Å². The normalized spacial score (nSPS) is 12.8.